The van der Waals surface area contributed by atoms with E-state index in [1.807, 2.05) is 25.1 Å². The summed E-state index contributed by atoms with van der Waals surface area (Å²) in [6, 6.07) is 4.07. The third-order valence-electron chi connectivity index (χ3n) is 6.47. The van der Waals surface area contributed by atoms with E-state index in [1.165, 1.54) is 5.56 Å². The van der Waals surface area contributed by atoms with Crippen LogP contribution in [0, 0.1) is 5.92 Å². The van der Waals surface area contributed by atoms with E-state index in [0.29, 0.717) is 24.7 Å². The smallest absolute Gasteiger partial charge is 0.328 e. The van der Waals surface area contributed by atoms with E-state index in [9.17, 15) is 14.4 Å². The molecule has 0 aliphatic carbocycles. The Morgan fingerprint density at radius 2 is 2.13 bits per heavy atom. The molecule has 2 aromatic rings. The average Bonchev–Trinajstić information content (AvgIpc) is 3.16. The van der Waals surface area contributed by atoms with Crippen LogP contribution in [-0.2, 0) is 11.2 Å². The molecule has 9 heteroatoms. The van der Waals surface area contributed by atoms with Crippen LogP contribution >= 0.6 is 0 Å². The summed E-state index contributed by atoms with van der Waals surface area (Å²) in [5.74, 6) is 0.248. The third kappa shape index (κ3) is 4.22. The van der Waals surface area contributed by atoms with Gasteiger partial charge in [-0.2, -0.15) is 5.10 Å². The first kappa shape index (κ1) is 21.1. The maximum Gasteiger partial charge on any atom is 0.328 e. The number of nitrogens with zero attached hydrogens (tertiary/aromatic N) is 5. The number of pyridine rings is 1. The number of anilines is 1. The molecular weight excluding hydrogens is 396 g/mol. The van der Waals surface area contributed by atoms with Gasteiger partial charge in [-0.15, -0.1) is 0 Å². The van der Waals surface area contributed by atoms with Crippen molar-refractivity contribution in [2.75, 3.05) is 31.6 Å². The predicted molar refractivity (Wildman–Crippen MR) is 117 cm³/mol. The molecule has 9 nitrogen and oxygen atoms in total. The highest BCUT2D eigenvalue weighted by molar-refractivity contribution is 6.07. The van der Waals surface area contributed by atoms with Crippen LogP contribution < -0.4 is 10.2 Å². The second-order valence-electron chi connectivity index (χ2n) is 8.58. The van der Waals surface area contributed by atoms with Crippen molar-refractivity contribution in [3.63, 3.8) is 0 Å². The number of hydrogen-bond acceptors (Lipinski definition) is 4. The van der Waals surface area contributed by atoms with Crippen molar-refractivity contribution in [2.24, 2.45) is 5.92 Å². The van der Waals surface area contributed by atoms with Crippen LogP contribution in [0.3, 0.4) is 0 Å². The van der Waals surface area contributed by atoms with Gasteiger partial charge in [-0.25, -0.2) is 14.1 Å². The van der Waals surface area contributed by atoms with E-state index >= 15 is 0 Å². The van der Waals surface area contributed by atoms with Crippen LogP contribution in [0.15, 0.2) is 24.5 Å². The van der Waals surface area contributed by atoms with Gasteiger partial charge >= 0.3 is 12.1 Å². The van der Waals surface area contributed by atoms with E-state index in [4.69, 9.17) is 0 Å². The second-order valence-corrected chi connectivity index (χ2v) is 8.58. The lowest BCUT2D eigenvalue weighted by Crippen LogP contribution is -2.49. The molecule has 0 bridgehead atoms. The van der Waals surface area contributed by atoms with E-state index in [1.54, 1.807) is 20.5 Å². The summed E-state index contributed by atoms with van der Waals surface area (Å²) in [5, 5.41) is 6.73. The molecule has 2 aliphatic heterocycles. The minimum atomic E-state index is -0.403. The van der Waals surface area contributed by atoms with Crippen LogP contribution in [0.1, 0.15) is 38.7 Å². The van der Waals surface area contributed by atoms with E-state index < -0.39 is 6.03 Å². The fourth-order valence-corrected chi connectivity index (χ4v) is 4.57. The highest BCUT2D eigenvalue weighted by Crippen LogP contribution is 2.29. The Morgan fingerprint density at radius 3 is 2.84 bits per heavy atom. The van der Waals surface area contributed by atoms with Crippen molar-refractivity contribution in [3.8, 4) is 0 Å². The van der Waals surface area contributed by atoms with E-state index in [0.717, 1.165) is 31.3 Å². The van der Waals surface area contributed by atoms with Gasteiger partial charge in [-0.05, 0) is 56.7 Å². The summed E-state index contributed by atoms with van der Waals surface area (Å²) in [6.07, 6.45) is 6.73. The molecule has 0 spiro atoms. The van der Waals surface area contributed by atoms with Gasteiger partial charge < -0.3 is 9.80 Å². The van der Waals surface area contributed by atoms with Crippen molar-refractivity contribution in [2.45, 2.75) is 45.6 Å². The Balaban J connectivity index is 1.47. The van der Waals surface area contributed by atoms with Crippen LogP contribution in [0.4, 0.5) is 15.3 Å². The first-order valence-electron chi connectivity index (χ1n) is 11.0. The molecule has 31 heavy (non-hydrogen) atoms. The summed E-state index contributed by atoms with van der Waals surface area (Å²) in [4.78, 5) is 41.6. The van der Waals surface area contributed by atoms with Crippen LogP contribution in [0.2, 0.25) is 0 Å². The quantitative estimate of drug-likeness (QED) is 0.813. The number of rotatable bonds is 4. The number of likely N-dealkylation sites (tertiary alicyclic amines) is 1. The fraction of sp³-hybridized carbons (Fsp3) is 0.545. The van der Waals surface area contributed by atoms with Crippen molar-refractivity contribution < 1.29 is 14.4 Å². The molecule has 2 fully saturated rings. The minimum Gasteiger partial charge on any atom is -0.328 e. The molecular formula is C22H30N6O3. The molecule has 5 amide bonds. The van der Waals surface area contributed by atoms with Crippen molar-refractivity contribution >= 4 is 29.2 Å². The maximum atomic E-state index is 12.5. The number of piperidine rings is 1. The largest absolute Gasteiger partial charge is 0.328 e. The summed E-state index contributed by atoms with van der Waals surface area (Å²) in [6.45, 7) is 5.95. The fourth-order valence-electron chi connectivity index (χ4n) is 4.57. The van der Waals surface area contributed by atoms with Gasteiger partial charge in [0.1, 0.15) is 0 Å². The number of imide groups is 1. The summed E-state index contributed by atoms with van der Waals surface area (Å²) in [7, 11) is 1.85. The monoisotopic (exact) mass is 426 g/mol. The van der Waals surface area contributed by atoms with Gasteiger partial charge in [0.25, 0.3) is 0 Å². The molecule has 0 radical (unpaired) electrons. The van der Waals surface area contributed by atoms with Crippen molar-refractivity contribution in [1.82, 2.24) is 24.7 Å². The average molecular weight is 427 g/mol. The van der Waals surface area contributed by atoms with E-state index in [-0.39, 0.29) is 24.4 Å². The topological polar surface area (TPSA) is 90.3 Å². The molecule has 0 aromatic carbocycles. The molecule has 4 heterocycles. The Morgan fingerprint density at radius 1 is 1.32 bits per heavy atom. The van der Waals surface area contributed by atoms with Crippen molar-refractivity contribution in [1.29, 1.82) is 0 Å². The number of carbonyl (C=O) groups is 3. The Labute approximate surface area is 182 Å². The standard InChI is InChI=1S/C22H30N6O3/c1-4-25(3)22(31)26-8-5-16(11-15(26)2)12-17-6-10-28-18(13-17)19(14-23-28)27-9-7-20(29)24-21(27)30/h6,10,13-16H,4-5,7-9,11-12H2,1-3H3,(H,24,29,30)/t15-,16+/m0/s1. The highest BCUT2D eigenvalue weighted by Gasteiger charge is 2.30. The SMILES string of the molecule is CCN(C)C(=O)N1CC[C@@H](Cc2ccn3ncc(N4CCC(=O)NC4=O)c3c2)C[C@@H]1C. The lowest BCUT2D eigenvalue weighted by Gasteiger charge is -2.39. The zero-order chi connectivity index (χ0) is 22.1. The first-order valence-corrected chi connectivity index (χ1v) is 11.0. The van der Waals surface area contributed by atoms with Gasteiger partial charge in [0.2, 0.25) is 5.91 Å². The molecule has 1 N–H and O–H groups in total. The van der Waals surface area contributed by atoms with Crippen LogP contribution in [-0.4, -0.2) is 70.1 Å². The normalized spacial score (nSPS) is 22.0. The lowest BCUT2D eigenvalue weighted by atomic mass is 9.87. The maximum absolute atomic E-state index is 12.5. The summed E-state index contributed by atoms with van der Waals surface area (Å²) < 4.78 is 1.76. The number of aromatic nitrogens is 2. The van der Waals surface area contributed by atoms with Gasteiger partial charge in [0.15, 0.2) is 0 Å². The van der Waals surface area contributed by atoms with Crippen LogP contribution in [0.25, 0.3) is 5.52 Å². The number of amides is 5. The molecule has 166 valence electrons. The lowest BCUT2D eigenvalue weighted by molar-refractivity contribution is -0.120. The number of urea groups is 2. The minimum absolute atomic E-state index is 0.108. The number of nitrogens with one attached hydrogen (secondary N) is 1. The Kier molecular flexibility index (Phi) is 5.84. The Hall–Kier alpha value is -3.10. The molecule has 2 aromatic heterocycles. The zero-order valence-corrected chi connectivity index (χ0v) is 18.4. The number of fused-ring (bicyclic) bond motifs is 1. The van der Waals surface area contributed by atoms with Crippen molar-refractivity contribution in [3.05, 3.63) is 30.1 Å². The third-order valence-corrected chi connectivity index (χ3v) is 6.47. The summed E-state index contributed by atoms with van der Waals surface area (Å²) in [5.41, 5.74) is 2.75. The van der Waals surface area contributed by atoms with Gasteiger partial charge in [0, 0.05) is 45.3 Å². The van der Waals surface area contributed by atoms with Gasteiger partial charge in [-0.1, -0.05) is 0 Å². The highest BCUT2D eigenvalue weighted by atomic mass is 16.2. The van der Waals surface area contributed by atoms with E-state index in [2.05, 4.69) is 29.5 Å². The Bertz CT molecular complexity index is 1000. The second kappa shape index (κ2) is 8.56. The zero-order valence-electron chi connectivity index (χ0n) is 18.4. The van der Waals surface area contributed by atoms with Gasteiger partial charge in [0.05, 0.1) is 17.4 Å². The molecule has 0 unspecified atom stereocenters. The first-order chi connectivity index (χ1) is 14.9. The molecule has 2 aliphatic rings. The molecule has 4 rings (SSSR count). The summed E-state index contributed by atoms with van der Waals surface area (Å²) >= 11 is 0. The van der Waals surface area contributed by atoms with Crippen LogP contribution in [0.5, 0.6) is 0 Å². The number of carbonyl (C=O) groups excluding carboxylic acids is 3. The molecule has 2 atom stereocenters. The van der Waals surface area contributed by atoms with Gasteiger partial charge in [-0.3, -0.25) is 15.0 Å². The molecule has 0 saturated carbocycles. The number of hydrogen-bond donors (Lipinski definition) is 1. The predicted octanol–water partition coefficient (Wildman–Crippen LogP) is 2.50. The molecule has 2 saturated heterocycles.